The fraction of sp³-hybridized carbons (Fsp3) is 0.500. The van der Waals surface area contributed by atoms with Crippen molar-refractivity contribution in [3.63, 3.8) is 0 Å². The maximum Gasteiger partial charge on any atom is 0.316 e. The van der Waals surface area contributed by atoms with Crippen LogP contribution < -0.4 is 4.90 Å². The molecule has 1 aromatic heterocycles. The highest BCUT2D eigenvalue weighted by Crippen LogP contribution is 2.27. The van der Waals surface area contributed by atoms with Crippen molar-refractivity contribution in [2.24, 2.45) is 0 Å². The van der Waals surface area contributed by atoms with E-state index in [1.807, 2.05) is 30.5 Å². The van der Waals surface area contributed by atoms with Gasteiger partial charge in [0, 0.05) is 13.1 Å². The van der Waals surface area contributed by atoms with Gasteiger partial charge in [0.05, 0.1) is 30.8 Å². The minimum Gasteiger partial charge on any atom is -0.462 e. The summed E-state index contributed by atoms with van der Waals surface area (Å²) in [6, 6.07) is 8.19. The lowest BCUT2D eigenvalue weighted by Gasteiger charge is -2.27. The first-order valence-electron chi connectivity index (χ1n) is 8.72. The summed E-state index contributed by atoms with van der Waals surface area (Å²) >= 11 is 1.34. The molecule has 8 heteroatoms. The van der Waals surface area contributed by atoms with Gasteiger partial charge in [-0.1, -0.05) is 29.5 Å². The van der Waals surface area contributed by atoms with Crippen molar-refractivity contribution >= 4 is 23.7 Å². The summed E-state index contributed by atoms with van der Waals surface area (Å²) in [5.74, 6) is 0.721. The number of carbonyl (C=O) groups is 1. The number of ether oxygens (including phenoxy) is 2. The van der Waals surface area contributed by atoms with Crippen LogP contribution in [0.2, 0.25) is 0 Å². The van der Waals surface area contributed by atoms with Crippen LogP contribution in [-0.2, 0) is 14.3 Å². The molecule has 3 rings (SSSR count). The number of benzene rings is 1. The third-order valence-electron chi connectivity index (χ3n) is 3.89. The third kappa shape index (κ3) is 4.56. The van der Waals surface area contributed by atoms with E-state index >= 15 is 0 Å². The lowest BCUT2D eigenvalue weighted by atomic mass is 10.2. The van der Waals surface area contributed by atoms with Crippen molar-refractivity contribution in [2.75, 3.05) is 37.0 Å². The van der Waals surface area contributed by atoms with Crippen LogP contribution >= 0.6 is 11.8 Å². The van der Waals surface area contributed by atoms with Gasteiger partial charge in [0.1, 0.15) is 0 Å². The van der Waals surface area contributed by atoms with Crippen LogP contribution in [0.25, 0.3) is 5.69 Å². The maximum atomic E-state index is 11.9. The van der Waals surface area contributed by atoms with Crippen LogP contribution in [0.3, 0.4) is 0 Å². The Morgan fingerprint density at radius 1 is 1.23 bits per heavy atom. The second kappa shape index (κ2) is 8.55. The Bertz CT molecular complexity index is 739. The van der Waals surface area contributed by atoms with Gasteiger partial charge in [-0.15, -0.1) is 10.2 Å². The van der Waals surface area contributed by atoms with Gasteiger partial charge in [-0.25, -0.2) is 0 Å². The number of morpholine rings is 1. The second-order valence-corrected chi connectivity index (χ2v) is 7.32. The largest absolute Gasteiger partial charge is 0.462 e. The number of thioether (sulfide) groups is 1. The highest BCUT2D eigenvalue weighted by Gasteiger charge is 2.22. The van der Waals surface area contributed by atoms with Crippen LogP contribution in [0.1, 0.15) is 19.4 Å². The van der Waals surface area contributed by atoms with E-state index in [0.29, 0.717) is 18.4 Å². The van der Waals surface area contributed by atoms with E-state index in [1.165, 1.54) is 17.3 Å². The zero-order valence-corrected chi connectivity index (χ0v) is 16.2. The molecule has 0 spiro atoms. The number of aromatic nitrogens is 3. The molecule has 0 atom stereocenters. The first-order chi connectivity index (χ1) is 12.5. The molecular weight excluding hydrogens is 352 g/mol. The van der Waals surface area contributed by atoms with E-state index in [1.54, 1.807) is 0 Å². The molecule has 0 bridgehead atoms. The molecule has 1 aromatic carbocycles. The molecule has 0 radical (unpaired) electrons. The Kier molecular flexibility index (Phi) is 6.16. The van der Waals surface area contributed by atoms with Gasteiger partial charge in [0.15, 0.2) is 5.16 Å². The number of nitrogens with zero attached hydrogens (tertiary/aromatic N) is 4. The Morgan fingerprint density at radius 2 is 1.92 bits per heavy atom. The van der Waals surface area contributed by atoms with Gasteiger partial charge in [-0.05, 0) is 32.9 Å². The molecule has 1 fully saturated rings. The number of rotatable bonds is 6. The first-order valence-corrected chi connectivity index (χ1v) is 9.70. The molecule has 140 valence electrons. The molecule has 7 nitrogen and oxygen atoms in total. The van der Waals surface area contributed by atoms with Crippen molar-refractivity contribution in [1.29, 1.82) is 0 Å². The van der Waals surface area contributed by atoms with Gasteiger partial charge in [0.2, 0.25) is 5.95 Å². The van der Waals surface area contributed by atoms with Crippen molar-refractivity contribution < 1.29 is 14.3 Å². The Hall–Kier alpha value is -2.06. The van der Waals surface area contributed by atoms with Crippen molar-refractivity contribution in [2.45, 2.75) is 32.0 Å². The van der Waals surface area contributed by atoms with E-state index in [-0.39, 0.29) is 17.8 Å². The van der Waals surface area contributed by atoms with Crippen molar-refractivity contribution in [3.05, 3.63) is 29.8 Å². The zero-order valence-electron chi connectivity index (χ0n) is 15.3. The smallest absolute Gasteiger partial charge is 0.316 e. The lowest BCUT2D eigenvalue weighted by Crippen LogP contribution is -2.37. The van der Waals surface area contributed by atoms with Gasteiger partial charge < -0.3 is 14.4 Å². The van der Waals surface area contributed by atoms with Crippen LogP contribution in [0.5, 0.6) is 0 Å². The van der Waals surface area contributed by atoms with Gasteiger partial charge >= 0.3 is 5.97 Å². The normalized spacial score (nSPS) is 14.7. The molecule has 0 N–H and O–H groups in total. The summed E-state index contributed by atoms with van der Waals surface area (Å²) in [7, 11) is 0. The molecule has 1 aliphatic rings. The first kappa shape index (κ1) is 18.7. The van der Waals surface area contributed by atoms with Crippen LogP contribution in [0.15, 0.2) is 29.4 Å². The third-order valence-corrected chi connectivity index (χ3v) is 4.79. The number of aryl methyl sites for hydroxylation is 1. The summed E-state index contributed by atoms with van der Waals surface area (Å²) in [5, 5.41) is 9.39. The summed E-state index contributed by atoms with van der Waals surface area (Å²) in [6.45, 7) is 8.61. The predicted molar refractivity (Wildman–Crippen MR) is 101 cm³/mol. The number of carbonyl (C=O) groups excluding carboxylic acids is 1. The predicted octanol–water partition coefficient (Wildman–Crippen LogP) is 2.46. The van der Waals surface area contributed by atoms with Crippen molar-refractivity contribution in [1.82, 2.24) is 14.8 Å². The maximum absolute atomic E-state index is 11.9. The molecule has 2 heterocycles. The quantitative estimate of drug-likeness (QED) is 0.566. The van der Waals surface area contributed by atoms with Crippen LogP contribution in [0.4, 0.5) is 5.95 Å². The van der Waals surface area contributed by atoms with Crippen molar-refractivity contribution in [3.8, 4) is 5.69 Å². The van der Waals surface area contributed by atoms with Crippen LogP contribution in [0, 0.1) is 6.92 Å². The number of hydrogen-bond donors (Lipinski definition) is 0. The van der Waals surface area contributed by atoms with E-state index in [4.69, 9.17) is 9.47 Å². The van der Waals surface area contributed by atoms with Gasteiger partial charge in [-0.2, -0.15) is 0 Å². The molecule has 0 unspecified atom stereocenters. The Morgan fingerprint density at radius 3 is 2.58 bits per heavy atom. The average Bonchev–Trinajstić information content (AvgIpc) is 3.05. The summed E-state index contributed by atoms with van der Waals surface area (Å²) in [6.07, 6.45) is -0.123. The fourth-order valence-electron chi connectivity index (χ4n) is 2.66. The highest BCUT2D eigenvalue weighted by atomic mass is 32.2. The number of esters is 1. The highest BCUT2D eigenvalue weighted by molar-refractivity contribution is 7.99. The molecule has 26 heavy (non-hydrogen) atoms. The Balaban J connectivity index is 1.87. The van der Waals surface area contributed by atoms with E-state index in [0.717, 1.165) is 24.7 Å². The standard InChI is InChI=1S/C18H24N4O3S/c1-13(2)25-16(23)12-26-18-20-19-17(21-8-10-24-11-9-21)22(18)15-6-4-14(3)5-7-15/h4-7,13H,8-12H2,1-3H3. The molecule has 0 amide bonds. The second-order valence-electron chi connectivity index (χ2n) is 6.38. The molecule has 1 aliphatic heterocycles. The number of hydrogen-bond acceptors (Lipinski definition) is 7. The molecule has 2 aromatic rings. The molecule has 0 saturated carbocycles. The van der Waals surface area contributed by atoms with E-state index in [9.17, 15) is 4.79 Å². The van der Waals surface area contributed by atoms with Crippen LogP contribution in [-0.4, -0.2) is 58.9 Å². The number of anilines is 1. The zero-order chi connectivity index (χ0) is 18.5. The monoisotopic (exact) mass is 376 g/mol. The van der Waals surface area contributed by atoms with Gasteiger partial charge in [-0.3, -0.25) is 9.36 Å². The lowest BCUT2D eigenvalue weighted by molar-refractivity contribution is -0.144. The molecular formula is C18H24N4O3S. The minimum atomic E-state index is -0.253. The fourth-order valence-corrected chi connectivity index (χ4v) is 3.39. The van der Waals surface area contributed by atoms with E-state index < -0.39 is 0 Å². The summed E-state index contributed by atoms with van der Waals surface area (Å²) in [5.41, 5.74) is 2.16. The SMILES string of the molecule is Cc1ccc(-n2c(SCC(=O)OC(C)C)nnc2N2CCOCC2)cc1. The van der Waals surface area contributed by atoms with Gasteiger partial charge in [0.25, 0.3) is 0 Å². The summed E-state index contributed by atoms with van der Waals surface area (Å²) in [4.78, 5) is 14.1. The van der Waals surface area contributed by atoms with E-state index in [2.05, 4.69) is 34.2 Å². The Labute approximate surface area is 157 Å². The molecule has 1 saturated heterocycles. The summed E-state index contributed by atoms with van der Waals surface area (Å²) < 4.78 is 12.7. The average molecular weight is 376 g/mol. The molecule has 0 aliphatic carbocycles. The topological polar surface area (TPSA) is 69.5 Å². The minimum absolute atomic E-state index is 0.123.